The fourth-order valence-electron chi connectivity index (χ4n) is 2.78. The van der Waals surface area contributed by atoms with E-state index in [1.807, 2.05) is 0 Å². The zero-order chi connectivity index (χ0) is 11.8. The van der Waals surface area contributed by atoms with Gasteiger partial charge in [0, 0.05) is 12.4 Å². The van der Waals surface area contributed by atoms with Crippen LogP contribution in [0.1, 0.15) is 45.7 Å². The summed E-state index contributed by atoms with van der Waals surface area (Å²) < 4.78 is 0. The first-order valence-corrected chi connectivity index (χ1v) is 5.93. The number of nitrogens with zero attached hydrogens (tertiary/aromatic N) is 2. The van der Waals surface area contributed by atoms with E-state index in [9.17, 15) is 5.11 Å². The number of aliphatic hydroxyl groups is 1. The molecule has 0 amide bonds. The maximum absolute atomic E-state index is 10.7. The van der Waals surface area contributed by atoms with Gasteiger partial charge in [-0.05, 0) is 30.6 Å². The summed E-state index contributed by atoms with van der Waals surface area (Å²) in [7, 11) is 0. The molecule has 1 saturated carbocycles. The highest BCUT2D eigenvalue weighted by atomic mass is 16.3. The predicted molar refractivity (Wildman–Crippen MR) is 62.7 cm³/mol. The summed E-state index contributed by atoms with van der Waals surface area (Å²) >= 11 is 0. The molecule has 0 bridgehead atoms. The minimum absolute atomic E-state index is 0.230. The van der Waals surface area contributed by atoms with E-state index in [0.29, 0.717) is 5.41 Å². The Bertz CT molecular complexity index is 363. The smallest absolute Gasteiger partial charge is 0.111 e. The Morgan fingerprint density at radius 3 is 2.62 bits per heavy atom. The van der Waals surface area contributed by atoms with Crippen molar-refractivity contribution in [3.8, 4) is 0 Å². The van der Waals surface area contributed by atoms with Crippen molar-refractivity contribution in [3.63, 3.8) is 0 Å². The first-order valence-electron chi connectivity index (χ1n) is 5.93. The molecule has 1 heterocycles. The fraction of sp³-hybridized carbons (Fsp3) is 0.692. The van der Waals surface area contributed by atoms with Gasteiger partial charge < -0.3 is 5.11 Å². The van der Waals surface area contributed by atoms with Crippen LogP contribution in [-0.2, 0) is 5.60 Å². The highest BCUT2D eigenvalue weighted by Crippen LogP contribution is 2.47. The summed E-state index contributed by atoms with van der Waals surface area (Å²) in [5, 5.41) is 10.7. The summed E-state index contributed by atoms with van der Waals surface area (Å²) in [4.78, 5) is 8.31. The molecule has 1 fully saturated rings. The number of aromatic nitrogens is 2. The highest BCUT2D eigenvalue weighted by Gasteiger charge is 2.44. The molecule has 1 aromatic heterocycles. The van der Waals surface area contributed by atoms with Crippen molar-refractivity contribution in [3.05, 3.63) is 24.3 Å². The molecular formula is C13H20N2O. The van der Waals surface area contributed by atoms with Crippen LogP contribution in [0.4, 0.5) is 0 Å². The SMILES string of the molecule is CC1CC(C)(C)CCC1(O)c1cnccn1. The molecule has 3 heteroatoms. The lowest BCUT2D eigenvalue weighted by molar-refractivity contribution is -0.0803. The van der Waals surface area contributed by atoms with E-state index in [1.165, 1.54) is 0 Å². The number of hydrogen-bond donors (Lipinski definition) is 1. The lowest BCUT2D eigenvalue weighted by atomic mass is 9.64. The topological polar surface area (TPSA) is 46.0 Å². The lowest BCUT2D eigenvalue weighted by Gasteiger charge is -2.44. The van der Waals surface area contributed by atoms with E-state index >= 15 is 0 Å². The third-order valence-electron chi connectivity index (χ3n) is 3.86. The summed E-state index contributed by atoms with van der Waals surface area (Å²) in [6.07, 6.45) is 7.82. The highest BCUT2D eigenvalue weighted by molar-refractivity contribution is 5.12. The molecule has 0 aliphatic heterocycles. The molecule has 1 aliphatic rings. The van der Waals surface area contributed by atoms with Gasteiger partial charge in [0.15, 0.2) is 0 Å². The van der Waals surface area contributed by atoms with Gasteiger partial charge in [-0.15, -0.1) is 0 Å². The summed E-state index contributed by atoms with van der Waals surface area (Å²) in [5.41, 5.74) is 0.260. The van der Waals surface area contributed by atoms with Crippen molar-refractivity contribution >= 4 is 0 Å². The van der Waals surface area contributed by atoms with Gasteiger partial charge >= 0.3 is 0 Å². The average molecular weight is 220 g/mol. The first-order chi connectivity index (χ1) is 7.44. The molecular weight excluding hydrogens is 200 g/mol. The Morgan fingerprint density at radius 2 is 2.06 bits per heavy atom. The Balaban J connectivity index is 2.27. The van der Waals surface area contributed by atoms with Gasteiger partial charge in [-0.2, -0.15) is 0 Å². The normalized spacial score (nSPS) is 33.6. The molecule has 2 atom stereocenters. The molecule has 1 N–H and O–H groups in total. The second kappa shape index (κ2) is 3.81. The van der Waals surface area contributed by atoms with Crippen LogP contribution >= 0.6 is 0 Å². The molecule has 2 rings (SSSR count). The number of hydrogen-bond acceptors (Lipinski definition) is 3. The monoisotopic (exact) mass is 220 g/mol. The minimum atomic E-state index is -0.788. The molecule has 2 unspecified atom stereocenters. The quantitative estimate of drug-likeness (QED) is 0.791. The molecule has 1 aliphatic carbocycles. The first kappa shape index (κ1) is 11.5. The van der Waals surface area contributed by atoms with E-state index in [4.69, 9.17) is 0 Å². The van der Waals surface area contributed by atoms with Crippen molar-refractivity contribution < 1.29 is 5.11 Å². The fourth-order valence-corrected chi connectivity index (χ4v) is 2.78. The van der Waals surface area contributed by atoms with Crippen molar-refractivity contribution in [2.45, 2.75) is 45.6 Å². The lowest BCUT2D eigenvalue weighted by Crippen LogP contribution is -2.42. The second-order valence-corrected chi connectivity index (χ2v) is 5.78. The Morgan fingerprint density at radius 1 is 1.31 bits per heavy atom. The van der Waals surface area contributed by atoms with E-state index in [1.54, 1.807) is 18.6 Å². The molecule has 1 aromatic rings. The maximum atomic E-state index is 10.7. The molecule has 3 nitrogen and oxygen atoms in total. The summed E-state index contributed by atoms with van der Waals surface area (Å²) in [5.74, 6) is 0.230. The van der Waals surface area contributed by atoms with Crippen LogP contribution in [0.25, 0.3) is 0 Å². The standard InChI is InChI=1S/C13H20N2O/c1-10-8-12(2,3)4-5-13(10,16)11-9-14-6-7-15-11/h6-7,9-10,16H,4-5,8H2,1-3H3. The molecule has 0 aromatic carbocycles. The third-order valence-corrected chi connectivity index (χ3v) is 3.86. The third kappa shape index (κ3) is 1.96. The van der Waals surface area contributed by atoms with Crippen molar-refractivity contribution in [1.29, 1.82) is 0 Å². The van der Waals surface area contributed by atoms with Gasteiger partial charge in [0.25, 0.3) is 0 Å². The average Bonchev–Trinajstić information content (AvgIpc) is 2.25. The van der Waals surface area contributed by atoms with Crippen LogP contribution < -0.4 is 0 Å². The molecule has 16 heavy (non-hydrogen) atoms. The van der Waals surface area contributed by atoms with Gasteiger partial charge in [0.2, 0.25) is 0 Å². The Labute approximate surface area is 96.9 Å². The van der Waals surface area contributed by atoms with Crippen LogP contribution in [0.5, 0.6) is 0 Å². The van der Waals surface area contributed by atoms with Gasteiger partial charge in [-0.1, -0.05) is 20.8 Å². The van der Waals surface area contributed by atoms with Crippen molar-refractivity contribution in [1.82, 2.24) is 9.97 Å². The Hall–Kier alpha value is -0.960. The van der Waals surface area contributed by atoms with E-state index in [-0.39, 0.29) is 5.92 Å². The second-order valence-electron chi connectivity index (χ2n) is 5.78. The van der Waals surface area contributed by atoms with Crippen molar-refractivity contribution in [2.24, 2.45) is 11.3 Å². The summed E-state index contributed by atoms with van der Waals surface area (Å²) in [6, 6.07) is 0. The predicted octanol–water partition coefficient (Wildman–Crippen LogP) is 2.51. The Kier molecular flexibility index (Phi) is 2.74. The minimum Gasteiger partial charge on any atom is -0.383 e. The van der Waals surface area contributed by atoms with Crippen LogP contribution in [0.3, 0.4) is 0 Å². The zero-order valence-electron chi connectivity index (χ0n) is 10.3. The molecule has 88 valence electrons. The van der Waals surface area contributed by atoms with Gasteiger partial charge in [0.1, 0.15) is 5.60 Å². The van der Waals surface area contributed by atoms with Crippen LogP contribution in [0.2, 0.25) is 0 Å². The maximum Gasteiger partial charge on any atom is 0.111 e. The van der Waals surface area contributed by atoms with Crippen LogP contribution in [-0.4, -0.2) is 15.1 Å². The van der Waals surface area contributed by atoms with E-state index in [0.717, 1.165) is 25.0 Å². The zero-order valence-corrected chi connectivity index (χ0v) is 10.3. The van der Waals surface area contributed by atoms with Crippen molar-refractivity contribution in [2.75, 3.05) is 0 Å². The molecule has 0 spiro atoms. The molecule has 0 radical (unpaired) electrons. The van der Waals surface area contributed by atoms with E-state index < -0.39 is 5.60 Å². The van der Waals surface area contributed by atoms with E-state index in [2.05, 4.69) is 30.7 Å². The number of rotatable bonds is 1. The van der Waals surface area contributed by atoms with Gasteiger partial charge in [0.05, 0.1) is 11.9 Å². The molecule has 0 saturated heterocycles. The largest absolute Gasteiger partial charge is 0.383 e. The summed E-state index contributed by atoms with van der Waals surface area (Å²) in [6.45, 7) is 6.63. The van der Waals surface area contributed by atoms with Crippen LogP contribution in [0, 0.1) is 11.3 Å². The van der Waals surface area contributed by atoms with Crippen LogP contribution in [0.15, 0.2) is 18.6 Å². The van der Waals surface area contributed by atoms with Gasteiger partial charge in [-0.3, -0.25) is 9.97 Å². The van der Waals surface area contributed by atoms with Gasteiger partial charge in [-0.25, -0.2) is 0 Å².